The molecule has 1 aliphatic rings. The van der Waals surface area contributed by atoms with Gasteiger partial charge in [0.15, 0.2) is 0 Å². The molecule has 0 aromatic heterocycles. The first-order valence-corrected chi connectivity index (χ1v) is 7.28. The monoisotopic (exact) mass is 271 g/mol. The van der Waals surface area contributed by atoms with Crippen molar-refractivity contribution in [3.8, 4) is 0 Å². The molecule has 19 heavy (non-hydrogen) atoms. The van der Waals surface area contributed by atoms with Crippen LogP contribution in [0, 0.1) is 5.92 Å². The number of methoxy groups -OCH3 is 1. The third-order valence-electron chi connectivity index (χ3n) is 3.72. The molecular weight excluding hydrogens is 242 g/mol. The van der Waals surface area contributed by atoms with Crippen LogP contribution in [0.1, 0.15) is 46.9 Å². The van der Waals surface area contributed by atoms with Crippen LogP contribution in [0.2, 0.25) is 0 Å². The highest BCUT2D eigenvalue weighted by atomic mass is 16.5. The topological polar surface area (TPSA) is 47.6 Å². The van der Waals surface area contributed by atoms with Crippen molar-refractivity contribution < 1.29 is 15.7 Å². The first-order chi connectivity index (χ1) is 9.21. The lowest BCUT2D eigenvalue weighted by Gasteiger charge is -2.28. The molecule has 0 bridgehead atoms. The Labute approximate surface area is 118 Å². The van der Waals surface area contributed by atoms with Crippen LogP contribution in [-0.4, -0.2) is 32.8 Å². The van der Waals surface area contributed by atoms with Crippen LogP contribution in [-0.2, 0) is 14.3 Å². The van der Waals surface area contributed by atoms with Gasteiger partial charge in [0.2, 0.25) is 0 Å². The quantitative estimate of drug-likeness (QED) is 0.545. The minimum absolute atomic E-state index is 0. The molecule has 0 heterocycles. The Kier molecular flexibility index (Phi) is 7.75. The highest BCUT2D eigenvalue weighted by molar-refractivity contribution is 5.70. The van der Waals surface area contributed by atoms with E-state index in [9.17, 15) is 4.79 Å². The minimum Gasteiger partial charge on any atom is -0.431 e. The van der Waals surface area contributed by atoms with Gasteiger partial charge in [-0.05, 0) is 38.3 Å². The number of esters is 1. The van der Waals surface area contributed by atoms with Gasteiger partial charge >= 0.3 is 5.97 Å². The van der Waals surface area contributed by atoms with Crippen LogP contribution >= 0.6 is 0 Å². The van der Waals surface area contributed by atoms with Gasteiger partial charge in [-0.3, -0.25) is 4.79 Å². The Morgan fingerprint density at radius 3 is 2.95 bits per heavy atom. The van der Waals surface area contributed by atoms with Crippen molar-refractivity contribution >= 4 is 5.97 Å². The Balaban J connectivity index is 0.00000361. The molecule has 112 valence electrons. The summed E-state index contributed by atoms with van der Waals surface area (Å²) in [6.07, 6.45) is 7.40. The molecule has 4 nitrogen and oxygen atoms in total. The highest BCUT2D eigenvalue weighted by Gasteiger charge is 2.23. The summed E-state index contributed by atoms with van der Waals surface area (Å²) in [5.74, 6) is 1.36. The van der Waals surface area contributed by atoms with Gasteiger partial charge in [0.1, 0.15) is 5.76 Å². The van der Waals surface area contributed by atoms with Gasteiger partial charge in [-0.1, -0.05) is 13.3 Å². The zero-order chi connectivity index (χ0) is 14.1. The molecular formula is C15H29NO3. The summed E-state index contributed by atoms with van der Waals surface area (Å²) in [5, 5.41) is 3.28. The van der Waals surface area contributed by atoms with E-state index in [-0.39, 0.29) is 7.40 Å². The standard InChI is InChI=1S/C15H27NO3.H2/c1-4-12-8-9-13(11-14(12)16-2)19-15(17)7-5-6-10-18-3;/h11-12,14,16H,4-10H2,1-3H3;1H/t12-,14+;/m1./s1. The molecule has 1 rings (SSSR count). The first-order valence-electron chi connectivity index (χ1n) is 7.28. The highest BCUT2D eigenvalue weighted by Crippen LogP contribution is 2.27. The Morgan fingerprint density at radius 1 is 1.53 bits per heavy atom. The smallest absolute Gasteiger partial charge is 0.310 e. The third-order valence-corrected chi connectivity index (χ3v) is 3.72. The summed E-state index contributed by atoms with van der Waals surface area (Å²) in [7, 11) is 3.63. The number of allylic oxidation sites excluding steroid dienone is 1. The third kappa shape index (κ3) is 5.74. The number of carbonyl (C=O) groups is 1. The summed E-state index contributed by atoms with van der Waals surface area (Å²) in [6, 6.07) is 0.329. The number of likely N-dealkylation sites (N-methyl/N-ethyl adjacent to an activating group) is 1. The molecule has 4 heteroatoms. The van der Waals surface area contributed by atoms with E-state index in [0.29, 0.717) is 25.0 Å². The normalized spacial score (nSPS) is 23.0. The second kappa shape index (κ2) is 9.10. The lowest BCUT2D eigenvalue weighted by Crippen LogP contribution is -2.34. The molecule has 1 aliphatic carbocycles. The SMILES string of the molecule is CC[C@@H]1CCC(OC(=O)CCCCOC)=C[C@@H]1NC.[HH]. The van der Waals surface area contributed by atoms with E-state index in [2.05, 4.69) is 18.3 Å². The molecule has 0 spiro atoms. The van der Waals surface area contributed by atoms with E-state index >= 15 is 0 Å². The molecule has 0 unspecified atom stereocenters. The van der Waals surface area contributed by atoms with Gasteiger partial charge < -0.3 is 14.8 Å². The number of rotatable bonds is 8. The summed E-state index contributed by atoms with van der Waals surface area (Å²) in [5.41, 5.74) is 0. The second-order valence-corrected chi connectivity index (χ2v) is 5.08. The molecule has 0 aromatic carbocycles. The second-order valence-electron chi connectivity index (χ2n) is 5.08. The van der Waals surface area contributed by atoms with Crippen molar-refractivity contribution in [2.45, 2.75) is 51.5 Å². The van der Waals surface area contributed by atoms with Gasteiger partial charge in [0.05, 0.1) is 0 Å². The fraction of sp³-hybridized carbons (Fsp3) is 0.800. The zero-order valence-corrected chi connectivity index (χ0v) is 12.4. The summed E-state index contributed by atoms with van der Waals surface area (Å²) >= 11 is 0. The van der Waals surface area contributed by atoms with Crippen molar-refractivity contribution in [1.82, 2.24) is 5.32 Å². The molecule has 0 aliphatic heterocycles. The largest absolute Gasteiger partial charge is 0.431 e. The molecule has 0 saturated carbocycles. The zero-order valence-electron chi connectivity index (χ0n) is 12.4. The molecule has 0 aromatic rings. The maximum atomic E-state index is 11.7. The number of unbranched alkanes of at least 4 members (excludes halogenated alkanes) is 1. The van der Waals surface area contributed by atoms with Crippen LogP contribution in [0.5, 0.6) is 0 Å². The predicted octanol–water partition coefficient (Wildman–Crippen LogP) is 2.88. The van der Waals surface area contributed by atoms with Crippen molar-refractivity contribution in [3.63, 3.8) is 0 Å². The predicted molar refractivity (Wildman–Crippen MR) is 77.9 cm³/mol. The number of hydrogen-bond acceptors (Lipinski definition) is 4. The summed E-state index contributed by atoms with van der Waals surface area (Å²) in [4.78, 5) is 11.7. The number of nitrogens with one attached hydrogen (secondary N) is 1. The summed E-state index contributed by atoms with van der Waals surface area (Å²) in [6.45, 7) is 2.91. The van der Waals surface area contributed by atoms with E-state index < -0.39 is 0 Å². The Hall–Kier alpha value is -0.870. The van der Waals surface area contributed by atoms with Crippen molar-refractivity contribution in [3.05, 3.63) is 11.8 Å². The molecule has 0 amide bonds. The van der Waals surface area contributed by atoms with E-state index in [1.807, 2.05) is 7.05 Å². The minimum atomic E-state index is -0.118. The van der Waals surface area contributed by atoms with Crippen molar-refractivity contribution in [2.24, 2.45) is 5.92 Å². The Bertz CT molecular complexity index is 307. The van der Waals surface area contributed by atoms with Crippen molar-refractivity contribution in [1.29, 1.82) is 0 Å². The van der Waals surface area contributed by atoms with Crippen molar-refractivity contribution in [2.75, 3.05) is 20.8 Å². The molecule has 2 atom stereocenters. The molecule has 0 fully saturated rings. The Morgan fingerprint density at radius 2 is 2.32 bits per heavy atom. The molecule has 0 saturated heterocycles. The average Bonchev–Trinajstić information content (AvgIpc) is 2.43. The van der Waals surface area contributed by atoms with Gasteiger partial charge in [0.25, 0.3) is 0 Å². The van der Waals surface area contributed by atoms with E-state index in [1.54, 1.807) is 7.11 Å². The van der Waals surface area contributed by atoms with Gasteiger partial charge in [-0.15, -0.1) is 0 Å². The number of carbonyl (C=O) groups excluding carboxylic acids is 1. The van der Waals surface area contributed by atoms with E-state index in [4.69, 9.17) is 9.47 Å². The first kappa shape index (κ1) is 16.2. The van der Waals surface area contributed by atoms with Crippen LogP contribution in [0.4, 0.5) is 0 Å². The maximum Gasteiger partial charge on any atom is 0.310 e. The van der Waals surface area contributed by atoms with Crippen LogP contribution in [0.3, 0.4) is 0 Å². The maximum absolute atomic E-state index is 11.7. The van der Waals surface area contributed by atoms with Crippen LogP contribution in [0.15, 0.2) is 11.8 Å². The average molecular weight is 271 g/mol. The molecule has 0 radical (unpaired) electrons. The van der Waals surface area contributed by atoms with Gasteiger partial charge in [-0.2, -0.15) is 0 Å². The number of ether oxygens (including phenoxy) is 2. The lowest BCUT2D eigenvalue weighted by atomic mass is 9.87. The fourth-order valence-electron chi connectivity index (χ4n) is 2.50. The van der Waals surface area contributed by atoms with Crippen LogP contribution < -0.4 is 5.32 Å². The fourth-order valence-corrected chi connectivity index (χ4v) is 2.50. The number of hydrogen-bond donors (Lipinski definition) is 1. The van der Waals surface area contributed by atoms with Crippen LogP contribution in [0.25, 0.3) is 0 Å². The molecule has 1 N–H and O–H groups in total. The van der Waals surface area contributed by atoms with Gasteiger partial charge in [-0.25, -0.2) is 0 Å². The lowest BCUT2D eigenvalue weighted by molar-refractivity contribution is -0.140. The van der Waals surface area contributed by atoms with E-state index in [0.717, 1.165) is 37.9 Å². The van der Waals surface area contributed by atoms with E-state index in [1.165, 1.54) is 0 Å². The van der Waals surface area contributed by atoms with Gasteiger partial charge in [0, 0.05) is 34.0 Å². The summed E-state index contributed by atoms with van der Waals surface area (Å²) < 4.78 is 10.4.